The van der Waals surface area contributed by atoms with E-state index in [1.807, 2.05) is 0 Å². The van der Waals surface area contributed by atoms with Gasteiger partial charge in [-0.15, -0.1) is 0 Å². The molecule has 0 saturated carbocycles. The van der Waals surface area contributed by atoms with E-state index in [0.717, 1.165) is 0 Å². The highest BCUT2D eigenvalue weighted by Gasteiger charge is 2.18. The van der Waals surface area contributed by atoms with Crippen molar-refractivity contribution in [3.63, 3.8) is 0 Å². The number of aliphatic carboxylic acids is 1. The molecule has 0 rings (SSSR count). The van der Waals surface area contributed by atoms with Crippen LogP contribution in [0.25, 0.3) is 0 Å². The Kier molecular flexibility index (Phi) is 5.07. The monoisotopic (exact) mass is 219 g/mol. The Morgan fingerprint density at radius 1 is 1.40 bits per heavy atom. The maximum atomic E-state index is 11.1. The Morgan fingerprint density at radius 3 is 2.33 bits per heavy atom. The molecular weight excluding hydrogens is 202 g/mol. The number of carboxylic acid groups (broad SMARTS) is 1. The molecule has 6 nitrogen and oxygen atoms in total. The standard InChI is InChI=1S/C9H17NO5/c1-9(2,3)15-8(14)10-6(11)4-5-7(12)13/h6,11H,4-5H2,1-3H3,(H,10,14)(H,12,13)/t6-/m0/s1. The van der Waals surface area contributed by atoms with Crippen LogP contribution in [-0.2, 0) is 9.53 Å². The van der Waals surface area contributed by atoms with E-state index >= 15 is 0 Å². The average molecular weight is 219 g/mol. The van der Waals surface area contributed by atoms with Crippen LogP contribution in [0.1, 0.15) is 33.6 Å². The van der Waals surface area contributed by atoms with Crippen LogP contribution in [0.2, 0.25) is 0 Å². The van der Waals surface area contributed by atoms with Crippen molar-refractivity contribution in [3.05, 3.63) is 0 Å². The Bertz CT molecular complexity index is 233. The zero-order chi connectivity index (χ0) is 12.1. The number of alkyl carbamates (subject to hydrolysis) is 1. The van der Waals surface area contributed by atoms with Crippen LogP contribution in [0.15, 0.2) is 0 Å². The number of carbonyl (C=O) groups excluding carboxylic acids is 1. The first-order valence-corrected chi connectivity index (χ1v) is 4.60. The summed E-state index contributed by atoms with van der Waals surface area (Å²) in [7, 11) is 0. The summed E-state index contributed by atoms with van der Waals surface area (Å²) in [6.07, 6.45) is -2.22. The van der Waals surface area contributed by atoms with Crippen LogP contribution in [0.5, 0.6) is 0 Å². The number of ether oxygens (including phenoxy) is 1. The van der Waals surface area contributed by atoms with Gasteiger partial charge >= 0.3 is 12.1 Å². The predicted molar refractivity (Wildman–Crippen MR) is 52.2 cm³/mol. The minimum atomic E-state index is -1.20. The fourth-order valence-corrected chi connectivity index (χ4v) is 0.776. The summed E-state index contributed by atoms with van der Waals surface area (Å²) >= 11 is 0. The van der Waals surface area contributed by atoms with Gasteiger partial charge in [-0.05, 0) is 20.8 Å². The first-order valence-electron chi connectivity index (χ1n) is 4.60. The zero-order valence-electron chi connectivity index (χ0n) is 9.11. The summed E-state index contributed by atoms with van der Waals surface area (Å²) in [5, 5.41) is 19.6. The van der Waals surface area contributed by atoms with Gasteiger partial charge in [0.05, 0.1) is 0 Å². The predicted octanol–water partition coefficient (Wildman–Crippen LogP) is 0.694. The second-order valence-electron chi connectivity index (χ2n) is 4.09. The van der Waals surface area contributed by atoms with Crippen molar-refractivity contribution in [2.24, 2.45) is 0 Å². The molecule has 6 heteroatoms. The molecule has 1 atom stereocenters. The lowest BCUT2D eigenvalue weighted by Gasteiger charge is -2.21. The second-order valence-corrected chi connectivity index (χ2v) is 4.09. The van der Waals surface area contributed by atoms with Gasteiger partial charge in [-0.1, -0.05) is 0 Å². The fraction of sp³-hybridized carbons (Fsp3) is 0.778. The normalized spacial score (nSPS) is 13.1. The van der Waals surface area contributed by atoms with Crippen molar-refractivity contribution in [1.82, 2.24) is 5.32 Å². The lowest BCUT2D eigenvalue weighted by atomic mass is 10.2. The van der Waals surface area contributed by atoms with Crippen LogP contribution in [0, 0.1) is 0 Å². The molecule has 0 aromatic rings. The molecule has 0 fully saturated rings. The Labute approximate surface area is 88.2 Å². The summed E-state index contributed by atoms with van der Waals surface area (Å²) in [5.74, 6) is -1.03. The van der Waals surface area contributed by atoms with E-state index in [4.69, 9.17) is 9.84 Å². The summed E-state index contributed by atoms with van der Waals surface area (Å²) in [6, 6.07) is 0. The van der Waals surface area contributed by atoms with Crippen molar-refractivity contribution < 1.29 is 24.5 Å². The van der Waals surface area contributed by atoms with E-state index in [9.17, 15) is 14.7 Å². The van der Waals surface area contributed by atoms with Gasteiger partial charge in [-0.25, -0.2) is 4.79 Å². The van der Waals surface area contributed by atoms with Crippen molar-refractivity contribution >= 4 is 12.1 Å². The molecule has 0 saturated heterocycles. The highest BCUT2D eigenvalue weighted by atomic mass is 16.6. The molecule has 0 bridgehead atoms. The van der Waals surface area contributed by atoms with Gasteiger partial charge in [0.25, 0.3) is 0 Å². The molecule has 0 heterocycles. The highest BCUT2D eigenvalue weighted by molar-refractivity contribution is 5.68. The summed E-state index contributed by atoms with van der Waals surface area (Å²) < 4.78 is 4.86. The molecule has 15 heavy (non-hydrogen) atoms. The number of nitrogens with one attached hydrogen (secondary N) is 1. The highest BCUT2D eigenvalue weighted by Crippen LogP contribution is 2.07. The largest absolute Gasteiger partial charge is 0.481 e. The van der Waals surface area contributed by atoms with Gasteiger partial charge in [0, 0.05) is 12.8 Å². The quantitative estimate of drug-likeness (QED) is 0.605. The smallest absolute Gasteiger partial charge is 0.409 e. The number of aliphatic hydroxyl groups is 1. The van der Waals surface area contributed by atoms with Crippen LogP contribution in [0.4, 0.5) is 4.79 Å². The maximum Gasteiger partial charge on any atom is 0.409 e. The first-order chi connectivity index (χ1) is 6.70. The number of carbonyl (C=O) groups is 2. The van der Waals surface area contributed by atoms with Gasteiger partial charge in [0.2, 0.25) is 0 Å². The van der Waals surface area contributed by atoms with Crippen LogP contribution in [-0.4, -0.2) is 34.1 Å². The summed E-state index contributed by atoms with van der Waals surface area (Å²) in [6.45, 7) is 5.07. The third-order valence-corrected chi connectivity index (χ3v) is 1.31. The van der Waals surface area contributed by atoms with Crippen molar-refractivity contribution in [1.29, 1.82) is 0 Å². The molecule has 0 aliphatic heterocycles. The van der Waals surface area contributed by atoms with E-state index in [1.54, 1.807) is 20.8 Å². The van der Waals surface area contributed by atoms with Gasteiger partial charge in [-0.2, -0.15) is 0 Å². The summed E-state index contributed by atoms with van der Waals surface area (Å²) in [4.78, 5) is 21.2. The van der Waals surface area contributed by atoms with Gasteiger partial charge in [0.15, 0.2) is 0 Å². The molecule has 0 aromatic heterocycles. The molecule has 0 radical (unpaired) electrons. The van der Waals surface area contributed by atoms with Gasteiger partial charge in [-0.3, -0.25) is 10.1 Å². The lowest BCUT2D eigenvalue weighted by molar-refractivity contribution is -0.137. The molecule has 88 valence electrons. The maximum absolute atomic E-state index is 11.1. The van der Waals surface area contributed by atoms with E-state index in [0.29, 0.717) is 0 Å². The minimum Gasteiger partial charge on any atom is -0.481 e. The number of rotatable bonds is 4. The topological polar surface area (TPSA) is 95.9 Å². The van der Waals surface area contributed by atoms with Crippen LogP contribution >= 0.6 is 0 Å². The molecular formula is C9H17NO5. The van der Waals surface area contributed by atoms with Crippen molar-refractivity contribution in [3.8, 4) is 0 Å². The Morgan fingerprint density at radius 2 is 1.93 bits per heavy atom. The van der Waals surface area contributed by atoms with Crippen molar-refractivity contribution in [2.75, 3.05) is 0 Å². The number of carboxylic acids is 1. The molecule has 0 aromatic carbocycles. The van der Waals surface area contributed by atoms with Crippen LogP contribution in [0.3, 0.4) is 0 Å². The van der Waals surface area contributed by atoms with Gasteiger partial charge in [0.1, 0.15) is 11.8 Å². The third kappa shape index (κ3) is 9.01. The van der Waals surface area contributed by atoms with E-state index < -0.39 is 23.9 Å². The number of hydrogen-bond acceptors (Lipinski definition) is 4. The average Bonchev–Trinajstić information content (AvgIpc) is 1.96. The SMILES string of the molecule is CC(C)(C)OC(=O)N[C@@H](O)CCC(=O)O. The van der Waals surface area contributed by atoms with E-state index in [1.165, 1.54) is 0 Å². The first kappa shape index (κ1) is 13.7. The lowest BCUT2D eigenvalue weighted by Crippen LogP contribution is -2.39. The zero-order valence-corrected chi connectivity index (χ0v) is 9.11. The number of hydrogen-bond donors (Lipinski definition) is 3. The van der Waals surface area contributed by atoms with Gasteiger partial charge < -0.3 is 14.9 Å². The molecule has 0 unspecified atom stereocenters. The number of aliphatic hydroxyl groups excluding tert-OH is 1. The molecule has 0 aliphatic carbocycles. The fourth-order valence-electron chi connectivity index (χ4n) is 0.776. The minimum absolute atomic E-state index is 0.0470. The molecule has 3 N–H and O–H groups in total. The number of amides is 1. The third-order valence-electron chi connectivity index (χ3n) is 1.31. The molecule has 0 aliphatic rings. The van der Waals surface area contributed by atoms with E-state index in [2.05, 4.69) is 5.32 Å². The van der Waals surface area contributed by atoms with Crippen LogP contribution < -0.4 is 5.32 Å². The summed E-state index contributed by atoms with van der Waals surface area (Å²) in [5.41, 5.74) is -0.642. The van der Waals surface area contributed by atoms with E-state index in [-0.39, 0.29) is 12.8 Å². The Hall–Kier alpha value is -1.30. The molecule has 1 amide bonds. The second kappa shape index (κ2) is 5.55. The van der Waals surface area contributed by atoms with Crippen molar-refractivity contribution in [2.45, 2.75) is 45.4 Å². The Balaban J connectivity index is 3.81. The molecule has 0 spiro atoms.